The predicted molar refractivity (Wildman–Crippen MR) is 103 cm³/mol. The van der Waals surface area contributed by atoms with Gasteiger partial charge in [-0.25, -0.2) is 0 Å². The summed E-state index contributed by atoms with van der Waals surface area (Å²) in [5.41, 5.74) is 1.11. The van der Waals surface area contributed by atoms with E-state index in [9.17, 15) is 0 Å². The minimum absolute atomic E-state index is 0. The van der Waals surface area contributed by atoms with Crippen molar-refractivity contribution in [1.29, 1.82) is 0 Å². The molecule has 1 aromatic carbocycles. The molecule has 7 heteroatoms. The van der Waals surface area contributed by atoms with Crippen LogP contribution in [0.1, 0.15) is 17.7 Å². The summed E-state index contributed by atoms with van der Waals surface area (Å²) in [6, 6.07) is 9.78. The molecular formula is C17H22IN3O3. The largest absolute Gasteiger partial charge is 0.490 e. The zero-order chi connectivity index (χ0) is 15.9. The second-order valence-electron chi connectivity index (χ2n) is 5.19. The van der Waals surface area contributed by atoms with Crippen LogP contribution in [0.2, 0.25) is 0 Å². The third-order valence-electron chi connectivity index (χ3n) is 3.51. The van der Waals surface area contributed by atoms with Gasteiger partial charge in [-0.05, 0) is 29.8 Å². The Morgan fingerprint density at radius 3 is 2.62 bits per heavy atom. The molecule has 0 atom stereocenters. The number of ether oxygens (including phenoxy) is 2. The summed E-state index contributed by atoms with van der Waals surface area (Å²) in [4.78, 5) is 4.20. The topological polar surface area (TPSA) is 68.0 Å². The van der Waals surface area contributed by atoms with Crippen LogP contribution in [0.5, 0.6) is 11.5 Å². The maximum Gasteiger partial charge on any atom is 0.191 e. The molecule has 2 heterocycles. The van der Waals surface area contributed by atoms with Crippen molar-refractivity contribution < 1.29 is 13.9 Å². The Bertz CT molecular complexity index is 659. The van der Waals surface area contributed by atoms with Crippen molar-refractivity contribution in [2.75, 3.05) is 20.3 Å². The normalized spacial score (nSPS) is 13.6. The fourth-order valence-electron chi connectivity index (χ4n) is 2.31. The molecule has 2 N–H and O–H groups in total. The number of nitrogens with one attached hydrogen (secondary N) is 2. The first-order valence-corrected chi connectivity index (χ1v) is 7.70. The first-order chi connectivity index (χ1) is 11.3. The molecule has 0 spiro atoms. The molecule has 0 radical (unpaired) electrons. The lowest BCUT2D eigenvalue weighted by atomic mass is 10.2. The minimum atomic E-state index is 0. The SMILES string of the molecule is CN=C(NCc1ccc2c(c1)OCCCO2)NCc1ccco1.I. The Labute approximate surface area is 158 Å². The van der Waals surface area contributed by atoms with E-state index in [1.165, 1.54) is 0 Å². The number of furan rings is 1. The molecule has 1 aliphatic rings. The Morgan fingerprint density at radius 1 is 1.08 bits per heavy atom. The lowest BCUT2D eigenvalue weighted by Crippen LogP contribution is -2.36. The van der Waals surface area contributed by atoms with E-state index in [2.05, 4.69) is 15.6 Å². The van der Waals surface area contributed by atoms with Crippen molar-refractivity contribution >= 4 is 29.9 Å². The van der Waals surface area contributed by atoms with Gasteiger partial charge in [0.05, 0.1) is 26.0 Å². The van der Waals surface area contributed by atoms with Crippen LogP contribution in [-0.4, -0.2) is 26.2 Å². The number of benzene rings is 1. The molecule has 24 heavy (non-hydrogen) atoms. The number of aliphatic imine (C=N–C) groups is 1. The second-order valence-corrected chi connectivity index (χ2v) is 5.19. The van der Waals surface area contributed by atoms with Gasteiger partial charge in [-0.15, -0.1) is 24.0 Å². The van der Waals surface area contributed by atoms with Crippen molar-refractivity contribution in [3.8, 4) is 11.5 Å². The molecule has 0 fully saturated rings. The summed E-state index contributed by atoms with van der Waals surface area (Å²) in [6.45, 7) is 2.63. The number of fused-ring (bicyclic) bond motifs is 1. The number of nitrogens with zero attached hydrogens (tertiary/aromatic N) is 1. The fourth-order valence-corrected chi connectivity index (χ4v) is 2.31. The van der Waals surface area contributed by atoms with Crippen LogP contribution in [0.25, 0.3) is 0 Å². The standard InChI is InChI=1S/C17H21N3O3.HI/c1-18-17(20-12-14-4-2-7-21-14)19-11-13-5-6-15-16(10-13)23-9-3-8-22-15;/h2,4-7,10H,3,8-9,11-12H2,1H3,(H2,18,19,20);1H. The zero-order valence-electron chi connectivity index (χ0n) is 13.6. The predicted octanol–water partition coefficient (Wildman–Crippen LogP) is 2.92. The van der Waals surface area contributed by atoms with Crippen molar-refractivity contribution in [3.63, 3.8) is 0 Å². The Hall–Kier alpha value is -1.90. The van der Waals surface area contributed by atoms with Crippen LogP contribution in [0.15, 0.2) is 46.0 Å². The second kappa shape index (κ2) is 9.41. The van der Waals surface area contributed by atoms with Crippen molar-refractivity contribution in [2.45, 2.75) is 19.5 Å². The third kappa shape index (κ3) is 5.05. The van der Waals surface area contributed by atoms with Gasteiger partial charge in [0.2, 0.25) is 0 Å². The average molecular weight is 443 g/mol. The van der Waals surface area contributed by atoms with E-state index in [-0.39, 0.29) is 24.0 Å². The highest BCUT2D eigenvalue weighted by molar-refractivity contribution is 14.0. The quantitative estimate of drug-likeness (QED) is 0.432. The van der Waals surface area contributed by atoms with Gasteiger partial charge in [0.15, 0.2) is 17.5 Å². The van der Waals surface area contributed by atoms with Crippen LogP contribution in [-0.2, 0) is 13.1 Å². The molecule has 0 saturated carbocycles. The lowest BCUT2D eigenvalue weighted by molar-refractivity contribution is 0.297. The summed E-state index contributed by atoms with van der Waals surface area (Å²) in [6.07, 6.45) is 2.57. The smallest absolute Gasteiger partial charge is 0.191 e. The van der Waals surface area contributed by atoms with Crippen molar-refractivity contribution in [1.82, 2.24) is 10.6 Å². The summed E-state index contributed by atoms with van der Waals surface area (Å²) >= 11 is 0. The number of rotatable bonds is 4. The molecule has 1 aromatic heterocycles. The van der Waals surface area contributed by atoms with Gasteiger partial charge in [-0.1, -0.05) is 6.07 Å². The van der Waals surface area contributed by atoms with Gasteiger partial charge in [0.1, 0.15) is 5.76 Å². The molecule has 1 aliphatic heterocycles. The highest BCUT2D eigenvalue weighted by Gasteiger charge is 2.10. The highest BCUT2D eigenvalue weighted by Crippen LogP contribution is 2.30. The number of guanidine groups is 1. The van der Waals surface area contributed by atoms with Crippen LogP contribution in [0, 0.1) is 0 Å². The molecule has 0 amide bonds. The molecule has 0 bridgehead atoms. The van der Waals surface area contributed by atoms with E-state index in [4.69, 9.17) is 13.9 Å². The summed E-state index contributed by atoms with van der Waals surface area (Å²) < 4.78 is 16.6. The van der Waals surface area contributed by atoms with E-state index in [0.29, 0.717) is 32.3 Å². The minimum Gasteiger partial charge on any atom is -0.490 e. The molecule has 2 aromatic rings. The molecule has 130 valence electrons. The van der Waals surface area contributed by atoms with E-state index in [1.54, 1.807) is 13.3 Å². The summed E-state index contributed by atoms with van der Waals surface area (Å²) in [5, 5.41) is 6.48. The van der Waals surface area contributed by atoms with E-state index in [0.717, 1.165) is 29.2 Å². The monoisotopic (exact) mass is 443 g/mol. The number of hydrogen-bond donors (Lipinski definition) is 2. The third-order valence-corrected chi connectivity index (χ3v) is 3.51. The van der Waals surface area contributed by atoms with Gasteiger partial charge < -0.3 is 24.5 Å². The summed E-state index contributed by atoms with van der Waals surface area (Å²) in [7, 11) is 1.74. The number of halogens is 1. The van der Waals surface area contributed by atoms with Crippen molar-refractivity contribution in [2.24, 2.45) is 4.99 Å². The lowest BCUT2D eigenvalue weighted by Gasteiger charge is -2.13. The molecule has 0 saturated heterocycles. The van der Waals surface area contributed by atoms with Crippen LogP contribution >= 0.6 is 24.0 Å². The Balaban J connectivity index is 0.00000208. The van der Waals surface area contributed by atoms with E-state index in [1.807, 2.05) is 30.3 Å². The molecule has 0 unspecified atom stereocenters. The van der Waals surface area contributed by atoms with Crippen LogP contribution < -0.4 is 20.1 Å². The maximum absolute atomic E-state index is 5.71. The number of hydrogen-bond acceptors (Lipinski definition) is 4. The molecule has 6 nitrogen and oxygen atoms in total. The van der Waals surface area contributed by atoms with Gasteiger partial charge in [-0.3, -0.25) is 4.99 Å². The van der Waals surface area contributed by atoms with E-state index >= 15 is 0 Å². The first kappa shape index (κ1) is 18.4. The highest BCUT2D eigenvalue weighted by atomic mass is 127. The zero-order valence-corrected chi connectivity index (χ0v) is 15.9. The molecule has 3 rings (SSSR count). The van der Waals surface area contributed by atoms with E-state index < -0.39 is 0 Å². The Morgan fingerprint density at radius 2 is 1.88 bits per heavy atom. The van der Waals surface area contributed by atoms with Gasteiger partial charge in [0, 0.05) is 20.0 Å². The maximum atomic E-state index is 5.71. The summed E-state index contributed by atoms with van der Waals surface area (Å²) in [5.74, 6) is 3.20. The van der Waals surface area contributed by atoms with Gasteiger partial charge >= 0.3 is 0 Å². The first-order valence-electron chi connectivity index (χ1n) is 7.70. The van der Waals surface area contributed by atoms with Crippen LogP contribution in [0.4, 0.5) is 0 Å². The fraction of sp³-hybridized carbons (Fsp3) is 0.353. The van der Waals surface area contributed by atoms with Crippen LogP contribution in [0.3, 0.4) is 0 Å². The van der Waals surface area contributed by atoms with Crippen molar-refractivity contribution in [3.05, 3.63) is 47.9 Å². The molecular weight excluding hydrogens is 421 g/mol. The average Bonchev–Trinajstić information content (AvgIpc) is 2.99. The van der Waals surface area contributed by atoms with Gasteiger partial charge in [-0.2, -0.15) is 0 Å². The molecule has 0 aliphatic carbocycles. The Kier molecular flexibility index (Phi) is 7.23. The van der Waals surface area contributed by atoms with Gasteiger partial charge in [0.25, 0.3) is 0 Å².